The van der Waals surface area contributed by atoms with Crippen molar-refractivity contribution < 1.29 is 13.2 Å². The van der Waals surface area contributed by atoms with Crippen LogP contribution in [0, 0.1) is 0 Å². The topological polar surface area (TPSA) is 105 Å². The molecule has 0 bridgehead atoms. The van der Waals surface area contributed by atoms with E-state index in [-0.39, 0.29) is 10.8 Å². The van der Waals surface area contributed by atoms with E-state index in [4.69, 9.17) is 5.73 Å². The summed E-state index contributed by atoms with van der Waals surface area (Å²) in [4.78, 5) is 16.5. The van der Waals surface area contributed by atoms with Crippen molar-refractivity contribution in [3.05, 3.63) is 40.3 Å². The average Bonchev–Trinajstić information content (AvgIpc) is 2.96. The third-order valence-corrected chi connectivity index (χ3v) is 5.73. The first-order chi connectivity index (χ1) is 10.8. The Kier molecular flexibility index (Phi) is 5.47. The maximum absolute atomic E-state index is 12.2. The summed E-state index contributed by atoms with van der Waals surface area (Å²) in [7, 11) is -0.642. The molecule has 3 N–H and O–H groups in total. The Labute approximate surface area is 139 Å². The van der Waals surface area contributed by atoms with Gasteiger partial charge < -0.3 is 11.1 Å². The number of rotatable bonds is 6. The second kappa shape index (κ2) is 7.18. The maximum Gasteiger partial charge on any atom is 0.275 e. The molecule has 7 nitrogen and oxygen atoms in total. The van der Waals surface area contributed by atoms with Crippen LogP contribution in [-0.2, 0) is 16.4 Å². The molecule has 23 heavy (non-hydrogen) atoms. The molecule has 0 aliphatic rings. The molecule has 1 aromatic carbocycles. The van der Waals surface area contributed by atoms with Crippen molar-refractivity contribution in [2.24, 2.45) is 5.73 Å². The highest BCUT2D eigenvalue weighted by Crippen LogP contribution is 2.19. The molecule has 0 saturated heterocycles. The number of nitrogens with one attached hydrogen (secondary N) is 1. The highest BCUT2D eigenvalue weighted by molar-refractivity contribution is 7.89. The fourth-order valence-electron chi connectivity index (χ4n) is 1.79. The Morgan fingerprint density at radius 3 is 2.78 bits per heavy atom. The van der Waals surface area contributed by atoms with Crippen molar-refractivity contribution >= 4 is 33.0 Å². The summed E-state index contributed by atoms with van der Waals surface area (Å²) in [5.74, 6) is -0.385. The molecule has 2 aromatic rings. The molecule has 1 aromatic heterocycles. The first kappa shape index (κ1) is 17.5. The number of nitrogens with zero attached hydrogens (tertiary/aromatic N) is 2. The monoisotopic (exact) mass is 354 g/mol. The van der Waals surface area contributed by atoms with Gasteiger partial charge in [0, 0.05) is 31.6 Å². The van der Waals surface area contributed by atoms with Crippen molar-refractivity contribution in [3.63, 3.8) is 0 Å². The van der Waals surface area contributed by atoms with Crippen LogP contribution >= 0.6 is 11.3 Å². The van der Waals surface area contributed by atoms with Gasteiger partial charge in [-0.2, -0.15) is 0 Å². The number of thiazole rings is 1. The molecule has 124 valence electrons. The number of aromatic nitrogens is 1. The van der Waals surface area contributed by atoms with Gasteiger partial charge in [-0.25, -0.2) is 17.7 Å². The highest BCUT2D eigenvalue weighted by atomic mass is 32.2. The molecule has 0 atom stereocenters. The van der Waals surface area contributed by atoms with Crippen LogP contribution in [0.15, 0.2) is 34.5 Å². The molecular weight excluding hydrogens is 336 g/mol. The molecule has 9 heteroatoms. The van der Waals surface area contributed by atoms with Gasteiger partial charge in [-0.05, 0) is 24.7 Å². The number of anilines is 1. The zero-order valence-electron chi connectivity index (χ0n) is 12.8. The number of hydrogen-bond acceptors (Lipinski definition) is 6. The Hall–Kier alpha value is -1.81. The van der Waals surface area contributed by atoms with Crippen molar-refractivity contribution in [2.75, 3.05) is 26.0 Å². The third-order valence-electron chi connectivity index (χ3n) is 3.01. The fourth-order valence-corrected chi connectivity index (χ4v) is 3.54. The smallest absolute Gasteiger partial charge is 0.275 e. The predicted octanol–water partition coefficient (Wildman–Crippen LogP) is 1.15. The number of carbonyl (C=O) groups excluding carboxylic acids is 1. The van der Waals surface area contributed by atoms with Crippen LogP contribution in [0.3, 0.4) is 0 Å². The van der Waals surface area contributed by atoms with Gasteiger partial charge in [0.15, 0.2) is 0 Å². The SMILES string of the molecule is CN(C)S(=O)(=O)c1cccc(NC(=O)c2csc(CCN)n2)c1. The Bertz CT molecular complexity index is 800. The minimum Gasteiger partial charge on any atom is -0.330 e. The first-order valence-corrected chi connectivity index (χ1v) is 9.15. The largest absolute Gasteiger partial charge is 0.330 e. The lowest BCUT2D eigenvalue weighted by molar-refractivity contribution is 0.102. The summed E-state index contributed by atoms with van der Waals surface area (Å²) in [6, 6.07) is 6.10. The van der Waals surface area contributed by atoms with E-state index >= 15 is 0 Å². The van der Waals surface area contributed by atoms with Gasteiger partial charge >= 0.3 is 0 Å². The second-order valence-corrected chi connectivity index (χ2v) is 8.03. The lowest BCUT2D eigenvalue weighted by atomic mass is 10.3. The number of carbonyl (C=O) groups is 1. The standard InChI is InChI=1S/C14H18N4O3S2/c1-18(2)23(20,21)11-5-3-4-10(8-11)16-14(19)12-9-22-13(17-12)6-7-15/h3-5,8-9H,6-7,15H2,1-2H3,(H,16,19). The molecule has 2 rings (SSSR count). The van der Waals surface area contributed by atoms with Crippen LogP contribution in [0.25, 0.3) is 0 Å². The predicted molar refractivity (Wildman–Crippen MR) is 90.1 cm³/mol. The zero-order chi connectivity index (χ0) is 17.0. The number of amides is 1. The molecule has 0 fully saturated rings. The van der Waals surface area contributed by atoms with Gasteiger partial charge in [-0.3, -0.25) is 4.79 Å². The minimum absolute atomic E-state index is 0.113. The van der Waals surface area contributed by atoms with E-state index in [1.807, 2.05) is 0 Å². The van der Waals surface area contributed by atoms with Crippen LogP contribution < -0.4 is 11.1 Å². The number of nitrogens with two attached hydrogens (primary N) is 1. The summed E-state index contributed by atoms with van der Waals surface area (Å²) in [6.45, 7) is 0.471. The zero-order valence-corrected chi connectivity index (χ0v) is 14.4. The second-order valence-electron chi connectivity index (χ2n) is 4.93. The number of benzene rings is 1. The number of sulfonamides is 1. The van der Waals surface area contributed by atoms with E-state index < -0.39 is 10.0 Å². The molecule has 1 amide bonds. The fraction of sp³-hybridized carbons (Fsp3) is 0.286. The van der Waals surface area contributed by atoms with Gasteiger partial charge in [0.1, 0.15) is 5.69 Å². The van der Waals surface area contributed by atoms with Gasteiger partial charge in [-0.1, -0.05) is 6.07 Å². The van der Waals surface area contributed by atoms with Crippen LogP contribution in [0.4, 0.5) is 5.69 Å². The normalized spacial score (nSPS) is 11.7. The molecular formula is C14H18N4O3S2. The Balaban J connectivity index is 2.18. The Morgan fingerprint density at radius 1 is 1.39 bits per heavy atom. The van der Waals surface area contributed by atoms with Gasteiger partial charge in [0.05, 0.1) is 9.90 Å². The number of hydrogen-bond donors (Lipinski definition) is 2. The quantitative estimate of drug-likeness (QED) is 0.809. The van der Waals surface area contributed by atoms with Crippen LogP contribution in [-0.4, -0.2) is 44.3 Å². The summed E-state index contributed by atoms with van der Waals surface area (Å²) < 4.78 is 25.3. The molecule has 0 unspecified atom stereocenters. The van der Waals surface area contributed by atoms with Crippen LogP contribution in [0.2, 0.25) is 0 Å². The molecule has 1 heterocycles. The van der Waals surface area contributed by atoms with E-state index in [2.05, 4.69) is 10.3 Å². The molecule has 0 aliphatic heterocycles. The summed E-state index contributed by atoms with van der Waals surface area (Å²) in [6.07, 6.45) is 0.620. The Morgan fingerprint density at radius 2 is 2.13 bits per heavy atom. The lowest BCUT2D eigenvalue weighted by Crippen LogP contribution is -2.22. The van der Waals surface area contributed by atoms with Crippen molar-refractivity contribution in [1.29, 1.82) is 0 Å². The van der Waals surface area contributed by atoms with E-state index in [1.54, 1.807) is 17.5 Å². The van der Waals surface area contributed by atoms with Gasteiger partial charge in [0.25, 0.3) is 5.91 Å². The van der Waals surface area contributed by atoms with Crippen LogP contribution in [0.1, 0.15) is 15.5 Å². The molecule has 0 spiro atoms. The third kappa shape index (κ3) is 4.14. The minimum atomic E-state index is -3.55. The van der Waals surface area contributed by atoms with Crippen LogP contribution in [0.5, 0.6) is 0 Å². The summed E-state index contributed by atoms with van der Waals surface area (Å²) in [5.41, 5.74) is 6.14. The average molecular weight is 354 g/mol. The van der Waals surface area contributed by atoms with Gasteiger partial charge in [0.2, 0.25) is 10.0 Å². The molecule has 0 aliphatic carbocycles. The van der Waals surface area contributed by atoms with Crippen molar-refractivity contribution in [1.82, 2.24) is 9.29 Å². The first-order valence-electron chi connectivity index (χ1n) is 6.83. The molecule has 0 saturated carbocycles. The van der Waals surface area contributed by atoms with E-state index in [1.165, 1.54) is 37.6 Å². The lowest BCUT2D eigenvalue weighted by Gasteiger charge is -2.12. The van der Waals surface area contributed by atoms with E-state index in [9.17, 15) is 13.2 Å². The summed E-state index contributed by atoms with van der Waals surface area (Å²) >= 11 is 1.37. The summed E-state index contributed by atoms with van der Waals surface area (Å²) in [5, 5.41) is 5.10. The highest BCUT2D eigenvalue weighted by Gasteiger charge is 2.18. The molecule has 0 radical (unpaired) electrons. The van der Waals surface area contributed by atoms with E-state index in [0.29, 0.717) is 24.3 Å². The van der Waals surface area contributed by atoms with Crippen molar-refractivity contribution in [2.45, 2.75) is 11.3 Å². The van der Waals surface area contributed by atoms with E-state index in [0.717, 1.165) is 9.31 Å². The maximum atomic E-state index is 12.2. The van der Waals surface area contributed by atoms with Gasteiger partial charge in [-0.15, -0.1) is 11.3 Å². The van der Waals surface area contributed by atoms with Crippen molar-refractivity contribution in [3.8, 4) is 0 Å².